The molecule has 7 N–H and O–H groups in total. The lowest BCUT2D eigenvalue weighted by atomic mass is 10.1. The van der Waals surface area contributed by atoms with Gasteiger partial charge in [0.05, 0.1) is 25.6 Å². The Kier molecular flexibility index (Phi) is 7.71. The van der Waals surface area contributed by atoms with Crippen molar-refractivity contribution >= 4 is 49.3 Å². The fourth-order valence-electron chi connectivity index (χ4n) is 5.16. The van der Waals surface area contributed by atoms with Gasteiger partial charge in [-0.1, -0.05) is 0 Å². The van der Waals surface area contributed by atoms with E-state index in [0.717, 1.165) is 0 Å². The van der Waals surface area contributed by atoms with E-state index in [9.17, 15) is 24.3 Å². The normalized spacial score (nSPS) is 38.1. The van der Waals surface area contributed by atoms with Crippen molar-refractivity contribution in [1.82, 2.24) is 29.5 Å². The maximum Gasteiger partial charge on any atom is 0.472 e. The molecular formula is C20H26N8O10P2S. The van der Waals surface area contributed by atoms with Crippen molar-refractivity contribution in [2.45, 2.75) is 49.5 Å². The van der Waals surface area contributed by atoms with Crippen molar-refractivity contribution in [1.29, 1.82) is 0 Å². The van der Waals surface area contributed by atoms with E-state index >= 15 is 0 Å². The number of aliphatic hydroxyl groups is 1. The molecule has 9 atom stereocenters. The van der Waals surface area contributed by atoms with E-state index < -0.39 is 63.3 Å². The molecular weight excluding hydrogens is 606 g/mol. The first-order valence-corrected chi connectivity index (χ1v) is 16.5. The summed E-state index contributed by atoms with van der Waals surface area (Å²) in [5, 5.41) is 14.3. The first-order valence-electron chi connectivity index (χ1n) is 12.4. The number of aromatic amines is 1. The molecule has 1 saturated carbocycles. The largest absolute Gasteiger partial charge is 0.472 e. The summed E-state index contributed by atoms with van der Waals surface area (Å²) in [5.74, 6) is -0.143. The summed E-state index contributed by atoms with van der Waals surface area (Å²) < 4.78 is 42.2. The van der Waals surface area contributed by atoms with Gasteiger partial charge in [0.15, 0.2) is 17.4 Å². The van der Waals surface area contributed by atoms with Crippen LogP contribution in [0.1, 0.15) is 19.1 Å². The van der Waals surface area contributed by atoms with Crippen molar-refractivity contribution < 1.29 is 42.3 Å². The van der Waals surface area contributed by atoms with Crippen LogP contribution in [0.2, 0.25) is 0 Å². The van der Waals surface area contributed by atoms with Crippen molar-refractivity contribution in [2.24, 2.45) is 5.92 Å². The number of nitrogens with two attached hydrogens (primary N) is 1. The van der Waals surface area contributed by atoms with Crippen LogP contribution in [0.5, 0.6) is 0 Å². The number of hydrogen-bond acceptors (Lipinski definition) is 15. The number of fused-ring (bicyclic) bond motifs is 4. The van der Waals surface area contributed by atoms with Gasteiger partial charge in [-0.05, 0) is 30.7 Å². The van der Waals surface area contributed by atoms with E-state index in [1.54, 1.807) is 12.3 Å². The van der Waals surface area contributed by atoms with Gasteiger partial charge in [-0.3, -0.25) is 27.9 Å². The molecule has 2 bridgehead atoms. The first kappa shape index (κ1) is 28.7. The molecule has 3 aliphatic rings. The molecule has 41 heavy (non-hydrogen) atoms. The van der Waals surface area contributed by atoms with Crippen molar-refractivity contribution in [3.63, 3.8) is 0 Å². The topological polar surface area (TPSA) is 251 Å². The van der Waals surface area contributed by atoms with Gasteiger partial charge < -0.3 is 35.2 Å². The van der Waals surface area contributed by atoms with Crippen LogP contribution >= 0.6 is 14.5 Å². The Balaban J connectivity index is 1.28. The number of nitrogens with zero attached hydrogens (tertiary/aromatic N) is 5. The molecule has 3 aromatic heterocycles. The Bertz CT molecular complexity index is 1580. The number of aromatic nitrogens is 6. The number of ether oxygens (including phenoxy) is 1. The van der Waals surface area contributed by atoms with Crippen molar-refractivity contribution in [3.8, 4) is 0 Å². The maximum atomic E-state index is 13.0. The SMILES string of the molecule is Nc1nc2c(ncn2[C@@H]2OC3COP(=O)(O)O[C@H]4C[C@H](Nc5ccncn5)C[C@@H]4COP(O)(=S)O[C@@H]2[C@@H]3O)c(=O)[nH]1. The number of phosphoric ester groups is 1. The summed E-state index contributed by atoms with van der Waals surface area (Å²) in [5.41, 5.74) is 5.00. The highest BCUT2D eigenvalue weighted by Gasteiger charge is 2.50. The molecule has 3 aromatic rings. The quantitative estimate of drug-likeness (QED) is 0.204. The second-order valence-electron chi connectivity index (χ2n) is 9.74. The van der Waals surface area contributed by atoms with E-state index in [1.165, 1.54) is 17.2 Å². The Morgan fingerprint density at radius 2 is 2.00 bits per heavy atom. The number of nitrogens with one attached hydrogen (secondary N) is 2. The highest BCUT2D eigenvalue weighted by molar-refractivity contribution is 8.07. The van der Waals surface area contributed by atoms with Gasteiger partial charge in [-0.25, -0.2) is 19.5 Å². The molecule has 3 fully saturated rings. The molecule has 1 aliphatic carbocycles. The average Bonchev–Trinajstić information content (AvgIpc) is 3.57. The molecule has 6 rings (SSSR count). The number of nitrogen functional groups attached to an aromatic ring is 1. The predicted molar refractivity (Wildman–Crippen MR) is 143 cm³/mol. The second-order valence-corrected chi connectivity index (χ2v) is 13.9. The van der Waals surface area contributed by atoms with Gasteiger partial charge in [0.2, 0.25) is 5.95 Å². The number of hydrogen-bond donors (Lipinski definition) is 6. The van der Waals surface area contributed by atoms with Crippen LogP contribution in [0.15, 0.2) is 29.7 Å². The number of imidazole rings is 1. The molecule has 18 nitrogen and oxygen atoms in total. The van der Waals surface area contributed by atoms with Crippen LogP contribution in [0.4, 0.5) is 11.8 Å². The Morgan fingerprint density at radius 1 is 1.17 bits per heavy atom. The Morgan fingerprint density at radius 3 is 2.78 bits per heavy atom. The van der Waals surface area contributed by atoms with Gasteiger partial charge in [-0.2, -0.15) is 4.98 Å². The minimum atomic E-state index is -4.67. The molecule has 0 aromatic carbocycles. The van der Waals surface area contributed by atoms with Gasteiger partial charge in [0.25, 0.3) is 5.56 Å². The van der Waals surface area contributed by atoms with Gasteiger partial charge in [0.1, 0.15) is 30.5 Å². The number of phosphoric acid groups is 1. The maximum absolute atomic E-state index is 13.0. The Hall–Kier alpha value is -2.41. The summed E-state index contributed by atoms with van der Waals surface area (Å²) >= 11 is 5.26. The molecule has 0 radical (unpaired) electrons. The third-order valence-corrected chi connectivity index (χ3v) is 9.55. The third-order valence-electron chi connectivity index (χ3n) is 6.98. The summed E-state index contributed by atoms with van der Waals surface area (Å²) in [6.07, 6.45) is -1.39. The highest BCUT2D eigenvalue weighted by Crippen LogP contribution is 2.54. The smallest absolute Gasteiger partial charge is 0.387 e. The summed E-state index contributed by atoms with van der Waals surface area (Å²) in [4.78, 5) is 52.3. The van der Waals surface area contributed by atoms with Gasteiger partial charge >= 0.3 is 14.5 Å². The van der Waals surface area contributed by atoms with Crippen LogP contribution in [0.25, 0.3) is 11.2 Å². The molecule has 5 heterocycles. The monoisotopic (exact) mass is 632 g/mol. The van der Waals surface area contributed by atoms with E-state index in [-0.39, 0.29) is 36.2 Å². The summed E-state index contributed by atoms with van der Waals surface area (Å²) in [7, 11) is -4.67. The minimum Gasteiger partial charge on any atom is -0.387 e. The molecule has 222 valence electrons. The van der Waals surface area contributed by atoms with Crippen LogP contribution in [-0.2, 0) is 39.2 Å². The molecule has 21 heteroatoms. The van der Waals surface area contributed by atoms with Crippen LogP contribution < -0.4 is 16.6 Å². The van der Waals surface area contributed by atoms with E-state index in [0.29, 0.717) is 12.2 Å². The Labute approximate surface area is 236 Å². The second kappa shape index (κ2) is 11.0. The fourth-order valence-corrected chi connectivity index (χ4v) is 7.61. The van der Waals surface area contributed by atoms with Crippen LogP contribution in [0.3, 0.4) is 0 Å². The zero-order valence-corrected chi connectivity index (χ0v) is 23.6. The number of aliphatic hydroxyl groups excluding tert-OH is 1. The van der Waals surface area contributed by atoms with Crippen molar-refractivity contribution in [3.05, 3.63) is 35.3 Å². The van der Waals surface area contributed by atoms with E-state index in [4.69, 9.17) is 40.4 Å². The minimum absolute atomic E-state index is 0.000848. The number of anilines is 2. The lowest BCUT2D eigenvalue weighted by Gasteiger charge is -2.27. The zero-order chi connectivity index (χ0) is 28.9. The van der Waals surface area contributed by atoms with Crippen molar-refractivity contribution in [2.75, 3.05) is 24.3 Å². The predicted octanol–water partition coefficient (Wildman–Crippen LogP) is -0.225. The zero-order valence-electron chi connectivity index (χ0n) is 21.0. The van der Waals surface area contributed by atoms with Gasteiger partial charge in [0, 0.05) is 18.2 Å². The lowest BCUT2D eigenvalue weighted by molar-refractivity contribution is -0.0541. The van der Waals surface area contributed by atoms with E-state index in [1.807, 2.05) is 0 Å². The molecule has 0 amide bonds. The first-order chi connectivity index (χ1) is 19.5. The number of rotatable bonds is 3. The average molecular weight is 632 g/mol. The third kappa shape index (κ3) is 6.07. The van der Waals surface area contributed by atoms with Gasteiger partial charge in [-0.15, -0.1) is 0 Å². The molecule has 2 aliphatic heterocycles. The van der Waals surface area contributed by atoms with E-state index in [2.05, 4.69) is 30.2 Å². The number of H-pyrrole nitrogens is 1. The summed E-state index contributed by atoms with van der Waals surface area (Å²) in [6.45, 7) is -4.83. The summed E-state index contributed by atoms with van der Waals surface area (Å²) in [6, 6.07) is 1.45. The molecule has 2 saturated heterocycles. The highest BCUT2D eigenvalue weighted by atomic mass is 32.5. The molecule has 3 unspecified atom stereocenters. The lowest BCUT2D eigenvalue weighted by Crippen LogP contribution is -2.35. The standard InChI is InChI=1S/C20H26N8O10P2S/c21-20-26-17-14(18(30)27-20)24-8-28(17)19-16-15(29)12(36-19)6-34-39(31,32)37-11-4-10(25-13-1-2-22-7-23-13)3-9(11)5-35-40(33,41)38-16/h1-2,7-12,15-16,19,29H,3-6H2,(H,31,32)(H,33,41)(H,22,23,25)(H3,21,26,27,30)/t9-,10-,11+,12?,15-,16-,19-,40?/m1/s1. The molecule has 0 spiro atoms. The fraction of sp³-hybridized carbons (Fsp3) is 0.550. The van der Waals surface area contributed by atoms with Crippen LogP contribution in [0, 0.1) is 5.92 Å². The van der Waals surface area contributed by atoms with Crippen LogP contribution in [-0.4, -0.2) is 88.1 Å².